The van der Waals surface area contributed by atoms with Crippen molar-refractivity contribution in [1.29, 1.82) is 0 Å². The van der Waals surface area contributed by atoms with Gasteiger partial charge in [-0.1, -0.05) is 31.0 Å². The summed E-state index contributed by atoms with van der Waals surface area (Å²) in [4.78, 5) is 0. The van der Waals surface area contributed by atoms with E-state index in [2.05, 4.69) is 0 Å². The van der Waals surface area contributed by atoms with E-state index in [1.807, 2.05) is 24.3 Å². The predicted octanol–water partition coefficient (Wildman–Crippen LogP) is 2.99. The van der Waals surface area contributed by atoms with Crippen molar-refractivity contribution in [3.05, 3.63) is 36.1 Å². The minimum atomic E-state index is -0.520. The largest absolute Gasteiger partial charge is 0.464 e. The molecule has 1 unspecified atom stereocenters. The van der Waals surface area contributed by atoms with Crippen molar-refractivity contribution in [2.75, 3.05) is 6.54 Å². The Kier molecular flexibility index (Phi) is 2.88. The Bertz CT molecular complexity index is 540. The topological polar surface area (TPSA) is 59.4 Å². The third-order valence-corrected chi connectivity index (χ3v) is 4.39. The summed E-state index contributed by atoms with van der Waals surface area (Å²) >= 11 is 0. The molecule has 2 aromatic rings. The van der Waals surface area contributed by atoms with Crippen molar-refractivity contribution < 1.29 is 9.52 Å². The van der Waals surface area contributed by atoms with Gasteiger partial charge in [0.2, 0.25) is 0 Å². The third-order valence-electron chi connectivity index (χ3n) is 4.39. The van der Waals surface area contributed by atoms with E-state index in [4.69, 9.17) is 10.2 Å². The van der Waals surface area contributed by atoms with Crippen LogP contribution in [0.1, 0.15) is 37.4 Å². The summed E-state index contributed by atoms with van der Waals surface area (Å²) in [5.74, 6) is 0. The molecule has 1 atom stereocenters. The van der Waals surface area contributed by atoms with Crippen LogP contribution in [-0.4, -0.2) is 11.7 Å². The summed E-state index contributed by atoms with van der Waals surface area (Å²) in [7, 11) is 0. The van der Waals surface area contributed by atoms with Gasteiger partial charge in [-0.3, -0.25) is 0 Å². The second-order valence-corrected chi connectivity index (χ2v) is 5.36. The SMILES string of the molecule is NCC1(C(O)c2coc3ccccc23)CCCC1. The van der Waals surface area contributed by atoms with Crippen LogP contribution < -0.4 is 5.73 Å². The Balaban J connectivity index is 2.03. The molecule has 96 valence electrons. The first kappa shape index (κ1) is 11.8. The molecular formula is C15H19NO2. The van der Waals surface area contributed by atoms with Crippen LogP contribution in [0.2, 0.25) is 0 Å². The monoisotopic (exact) mass is 245 g/mol. The van der Waals surface area contributed by atoms with E-state index in [-0.39, 0.29) is 5.41 Å². The molecule has 18 heavy (non-hydrogen) atoms. The quantitative estimate of drug-likeness (QED) is 0.874. The summed E-state index contributed by atoms with van der Waals surface area (Å²) in [5.41, 5.74) is 7.49. The minimum Gasteiger partial charge on any atom is -0.464 e. The molecule has 1 fully saturated rings. The highest BCUT2D eigenvalue weighted by Gasteiger charge is 2.41. The number of hydrogen-bond donors (Lipinski definition) is 2. The van der Waals surface area contributed by atoms with Gasteiger partial charge in [0.05, 0.1) is 12.4 Å². The van der Waals surface area contributed by atoms with E-state index in [0.29, 0.717) is 6.54 Å². The van der Waals surface area contributed by atoms with Crippen LogP contribution >= 0.6 is 0 Å². The fourth-order valence-corrected chi connectivity index (χ4v) is 3.21. The molecule has 1 aliphatic carbocycles. The van der Waals surface area contributed by atoms with E-state index in [1.165, 1.54) is 0 Å². The van der Waals surface area contributed by atoms with Crippen molar-refractivity contribution in [1.82, 2.24) is 0 Å². The van der Waals surface area contributed by atoms with E-state index < -0.39 is 6.10 Å². The number of para-hydroxylation sites is 1. The molecule has 0 saturated heterocycles. The maximum Gasteiger partial charge on any atom is 0.134 e. The second kappa shape index (κ2) is 4.41. The van der Waals surface area contributed by atoms with Crippen LogP contribution in [0.15, 0.2) is 34.9 Å². The van der Waals surface area contributed by atoms with Gasteiger partial charge in [0, 0.05) is 22.9 Å². The average Bonchev–Trinajstić information content (AvgIpc) is 3.05. The molecule has 0 aliphatic heterocycles. The zero-order valence-corrected chi connectivity index (χ0v) is 10.4. The molecule has 0 amide bonds. The van der Waals surface area contributed by atoms with Gasteiger partial charge in [0.1, 0.15) is 5.58 Å². The number of furan rings is 1. The van der Waals surface area contributed by atoms with Gasteiger partial charge >= 0.3 is 0 Å². The average molecular weight is 245 g/mol. The molecule has 1 aromatic heterocycles. The molecule has 0 bridgehead atoms. The summed E-state index contributed by atoms with van der Waals surface area (Å²) < 4.78 is 5.52. The molecule has 1 heterocycles. The zero-order chi connectivity index (χ0) is 12.6. The summed E-state index contributed by atoms with van der Waals surface area (Å²) in [6, 6.07) is 7.83. The zero-order valence-electron chi connectivity index (χ0n) is 10.4. The van der Waals surface area contributed by atoms with Crippen molar-refractivity contribution >= 4 is 11.0 Å². The standard InChI is InChI=1S/C15H19NO2/c16-10-15(7-3-4-8-15)14(17)12-9-18-13-6-2-1-5-11(12)13/h1-2,5-6,9,14,17H,3-4,7-8,10,16H2. The molecule has 3 N–H and O–H groups in total. The van der Waals surface area contributed by atoms with Crippen LogP contribution in [0.4, 0.5) is 0 Å². The minimum absolute atomic E-state index is 0.160. The van der Waals surface area contributed by atoms with Gasteiger partial charge in [-0.05, 0) is 18.9 Å². The van der Waals surface area contributed by atoms with Crippen LogP contribution in [0, 0.1) is 5.41 Å². The molecule has 3 rings (SSSR count). The highest BCUT2D eigenvalue weighted by molar-refractivity contribution is 5.81. The Labute approximate surface area is 107 Å². The van der Waals surface area contributed by atoms with Gasteiger partial charge in [-0.2, -0.15) is 0 Å². The predicted molar refractivity (Wildman–Crippen MR) is 71.1 cm³/mol. The van der Waals surface area contributed by atoms with Crippen LogP contribution in [-0.2, 0) is 0 Å². The summed E-state index contributed by atoms with van der Waals surface area (Å²) in [5, 5.41) is 11.7. The van der Waals surface area contributed by atoms with Crippen LogP contribution in [0.25, 0.3) is 11.0 Å². The van der Waals surface area contributed by atoms with Gasteiger partial charge < -0.3 is 15.3 Å². The Morgan fingerprint density at radius 1 is 1.28 bits per heavy atom. The van der Waals surface area contributed by atoms with Gasteiger partial charge in [-0.25, -0.2) is 0 Å². The van der Waals surface area contributed by atoms with E-state index >= 15 is 0 Å². The first-order chi connectivity index (χ1) is 8.77. The first-order valence-corrected chi connectivity index (χ1v) is 6.61. The number of aliphatic hydroxyl groups is 1. The van der Waals surface area contributed by atoms with Gasteiger partial charge in [0.25, 0.3) is 0 Å². The lowest BCUT2D eigenvalue weighted by molar-refractivity contribution is 0.0338. The number of nitrogens with two attached hydrogens (primary N) is 1. The van der Waals surface area contributed by atoms with Crippen molar-refractivity contribution in [3.63, 3.8) is 0 Å². The maximum atomic E-state index is 10.7. The number of fused-ring (bicyclic) bond motifs is 1. The molecule has 3 heteroatoms. The number of rotatable bonds is 3. The summed E-state index contributed by atoms with van der Waals surface area (Å²) in [6.45, 7) is 0.535. The maximum absolute atomic E-state index is 10.7. The molecule has 0 spiro atoms. The third kappa shape index (κ3) is 1.66. The fourth-order valence-electron chi connectivity index (χ4n) is 3.21. The molecule has 1 saturated carbocycles. The van der Waals surface area contributed by atoms with Crippen LogP contribution in [0.5, 0.6) is 0 Å². The highest BCUT2D eigenvalue weighted by Crippen LogP contribution is 2.48. The molecule has 3 nitrogen and oxygen atoms in total. The first-order valence-electron chi connectivity index (χ1n) is 6.61. The lowest BCUT2D eigenvalue weighted by atomic mass is 9.77. The number of hydrogen-bond acceptors (Lipinski definition) is 3. The molecule has 1 aliphatic rings. The molecular weight excluding hydrogens is 226 g/mol. The Morgan fingerprint density at radius 2 is 2.00 bits per heavy atom. The second-order valence-electron chi connectivity index (χ2n) is 5.36. The Morgan fingerprint density at radius 3 is 2.72 bits per heavy atom. The van der Waals surface area contributed by atoms with Crippen molar-refractivity contribution in [2.24, 2.45) is 11.1 Å². The van der Waals surface area contributed by atoms with Gasteiger partial charge in [0.15, 0.2) is 0 Å². The van der Waals surface area contributed by atoms with Crippen molar-refractivity contribution in [3.8, 4) is 0 Å². The Hall–Kier alpha value is -1.32. The van der Waals surface area contributed by atoms with Gasteiger partial charge in [-0.15, -0.1) is 0 Å². The van der Waals surface area contributed by atoms with Crippen molar-refractivity contribution in [2.45, 2.75) is 31.8 Å². The van der Waals surface area contributed by atoms with E-state index in [9.17, 15) is 5.11 Å². The number of benzene rings is 1. The lowest BCUT2D eigenvalue weighted by Gasteiger charge is -2.32. The fraction of sp³-hybridized carbons (Fsp3) is 0.467. The van der Waals surface area contributed by atoms with Crippen LogP contribution in [0.3, 0.4) is 0 Å². The van der Waals surface area contributed by atoms with E-state index in [0.717, 1.165) is 42.2 Å². The molecule has 1 aromatic carbocycles. The normalized spacial score (nSPS) is 20.3. The summed E-state index contributed by atoms with van der Waals surface area (Å²) in [6.07, 6.45) is 5.49. The smallest absolute Gasteiger partial charge is 0.134 e. The highest BCUT2D eigenvalue weighted by atomic mass is 16.3. The lowest BCUT2D eigenvalue weighted by Crippen LogP contribution is -2.34. The van der Waals surface area contributed by atoms with E-state index in [1.54, 1.807) is 6.26 Å². The molecule has 0 radical (unpaired) electrons. The number of aliphatic hydroxyl groups excluding tert-OH is 1.